The van der Waals surface area contributed by atoms with Crippen LogP contribution >= 0.6 is 0 Å². The quantitative estimate of drug-likeness (QED) is 0.393. The van der Waals surface area contributed by atoms with Crippen molar-refractivity contribution >= 4 is 21.4 Å². The molecule has 0 saturated heterocycles. The maximum atomic E-state index is 13.7. The Labute approximate surface area is 185 Å². The number of hydrogen-bond acceptors (Lipinski definition) is 7. The van der Waals surface area contributed by atoms with Crippen LogP contribution in [-0.2, 0) is 16.6 Å². The van der Waals surface area contributed by atoms with Crippen molar-refractivity contribution in [3.05, 3.63) is 82.4 Å². The van der Waals surface area contributed by atoms with E-state index in [0.717, 1.165) is 0 Å². The first-order valence-corrected chi connectivity index (χ1v) is 11.1. The molecule has 32 heavy (non-hydrogen) atoms. The van der Waals surface area contributed by atoms with E-state index in [0.29, 0.717) is 41.7 Å². The zero-order chi connectivity index (χ0) is 22.7. The Morgan fingerprint density at radius 3 is 2.38 bits per heavy atom. The van der Waals surface area contributed by atoms with E-state index in [-0.39, 0.29) is 17.1 Å². The van der Waals surface area contributed by atoms with Crippen molar-refractivity contribution in [1.29, 1.82) is 0 Å². The summed E-state index contributed by atoms with van der Waals surface area (Å²) in [6, 6.07) is 16.9. The number of benzene rings is 3. The molecule has 1 heterocycles. The Morgan fingerprint density at radius 2 is 1.69 bits per heavy atom. The lowest BCUT2D eigenvalue weighted by molar-refractivity contribution is -0.384. The summed E-state index contributed by atoms with van der Waals surface area (Å²) in [4.78, 5) is 10.5. The number of sulfonamides is 1. The molecule has 1 aliphatic heterocycles. The summed E-state index contributed by atoms with van der Waals surface area (Å²) in [5.41, 5.74) is 0.832. The number of ether oxygens (including phenoxy) is 3. The number of nitrogens with zero attached hydrogens (tertiary/aromatic N) is 2. The van der Waals surface area contributed by atoms with Gasteiger partial charge in [0.25, 0.3) is 15.7 Å². The second-order valence-corrected chi connectivity index (χ2v) is 8.77. The minimum atomic E-state index is -4.06. The fraction of sp³-hybridized carbons (Fsp3) is 0.182. The van der Waals surface area contributed by atoms with Crippen LogP contribution in [0.25, 0.3) is 0 Å². The minimum Gasteiger partial charge on any atom is -0.495 e. The third kappa shape index (κ3) is 4.17. The summed E-state index contributed by atoms with van der Waals surface area (Å²) in [5.74, 6) is 1.21. The van der Waals surface area contributed by atoms with Crippen molar-refractivity contribution in [2.24, 2.45) is 0 Å². The highest BCUT2D eigenvalue weighted by atomic mass is 32.2. The number of nitro benzene ring substituents is 1. The second-order valence-electron chi connectivity index (χ2n) is 6.91. The minimum absolute atomic E-state index is 0.0227. The van der Waals surface area contributed by atoms with Crippen molar-refractivity contribution in [1.82, 2.24) is 0 Å². The van der Waals surface area contributed by atoms with Gasteiger partial charge in [-0.05, 0) is 29.8 Å². The molecule has 9 nitrogen and oxygen atoms in total. The second kappa shape index (κ2) is 8.75. The van der Waals surface area contributed by atoms with Gasteiger partial charge < -0.3 is 14.2 Å². The highest BCUT2D eigenvalue weighted by molar-refractivity contribution is 7.92. The SMILES string of the molecule is COc1ccccc1N(Cc1ccc([N+](=O)[O-])cc1)S(=O)(=O)c1ccc2c(c1)OCCO2. The molecule has 0 aliphatic carbocycles. The number of nitro groups is 1. The molecule has 0 aromatic heterocycles. The number of non-ortho nitro benzene ring substituents is 1. The van der Waals surface area contributed by atoms with E-state index in [1.54, 1.807) is 30.3 Å². The zero-order valence-corrected chi connectivity index (χ0v) is 17.9. The molecule has 0 spiro atoms. The van der Waals surface area contributed by atoms with Gasteiger partial charge in [-0.1, -0.05) is 24.3 Å². The highest BCUT2D eigenvalue weighted by Gasteiger charge is 2.29. The van der Waals surface area contributed by atoms with Crippen LogP contribution in [0.5, 0.6) is 17.2 Å². The normalized spacial score (nSPS) is 12.8. The average molecular weight is 456 g/mol. The molecule has 4 rings (SSSR count). The van der Waals surface area contributed by atoms with Gasteiger partial charge in [0, 0.05) is 18.2 Å². The van der Waals surface area contributed by atoms with E-state index >= 15 is 0 Å². The molecule has 0 N–H and O–H groups in total. The van der Waals surface area contributed by atoms with Gasteiger partial charge in [-0.25, -0.2) is 8.42 Å². The molecule has 0 radical (unpaired) electrons. The maximum absolute atomic E-state index is 13.7. The lowest BCUT2D eigenvalue weighted by Crippen LogP contribution is -2.31. The molecule has 0 amide bonds. The van der Waals surface area contributed by atoms with Gasteiger partial charge in [0.1, 0.15) is 19.0 Å². The molecule has 1 aliphatic rings. The first-order chi connectivity index (χ1) is 15.4. The van der Waals surface area contributed by atoms with Gasteiger partial charge in [0.05, 0.1) is 29.2 Å². The Kier molecular flexibility index (Phi) is 5.87. The standard InChI is InChI=1S/C22H20N2O7S/c1-29-20-5-3-2-4-19(20)23(15-16-6-8-17(9-7-16)24(25)26)32(27,28)18-10-11-21-22(14-18)31-13-12-30-21/h2-11,14H,12-13,15H2,1H3. The van der Waals surface area contributed by atoms with E-state index in [4.69, 9.17) is 14.2 Å². The average Bonchev–Trinajstić information content (AvgIpc) is 2.82. The molecule has 166 valence electrons. The number of para-hydroxylation sites is 2. The van der Waals surface area contributed by atoms with Crippen LogP contribution in [0.15, 0.2) is 71.6 Å². The molecular weight excluding hydrogens is 436 g/mol. The maximum Gasteiger partial charge on any atom is 0.269 e. The van der Waals surface area contributed by atoms with Gasteiger partial charge in [-0.3, -0.25) is 14.4 Å². The van der Waals surface area contributed by atoms with Crippen molar-refractivity contribution in [3.8, 4) is 17.2 Å². The summed E-state index contributed by atoms with van der Waals surface area (Å²) in [5, 5.41) is 11.0. The van der Waals surface area contributed by atoms with Crippen molar-refractivity contribution in [2.75, 3.05) is 24.6 Å². The van der Waals surface area contributed by atoms with Crippen molar-refractivity contribution in [2.45, 2.75) is 11.4 Å². The molecule has 0 unspecified atom stereocenters. The Balaban J connectivity index is 1.78. The molecule has 10 heteroatoms. The smallest absolute Gasteiger partial charge is 0.269 e. The lowest BCUT2D eigenvalue weighted by atomic mass is 10.2. The van der Waals surface area contributed by atoms with E-state index in [2.05, 4.69) is 0 Å². The van der Waals surface area contributed by atoms with Crippen LogP contribution in [-0.4, -0.2) is 33.7 Å². The predicted molar refractivity (Wildman–Crippen MR) is 117 cm³/mol. The number of fused-ring (bicyclic) bond motifs is 1. The van der Waals surface area contributed by atoms with Gasteiger partial charge >= 0.3 is 0 Å². The number of methoxy groups -OCH3 is 1. The Bertz CT molecular complexity index is 1240. The van der Waals surface area contributed by atoms with Gasteiger partial charge in [-0.2, -0.15) is 0 Å². The van der Waals surface area contributed by atoms with Crippen LogP contribution in [0.2, 0.25) is 0 Å². The third-order valence-electron chi connectivity index (χ3n) is 4.93. The molecule has 0 fully saturated rings. The monoisotopic (exact) mass is 456 g/mol. The first-order valence-electron chi connectivity index (χ1n) is 9.69. The topological polar surface area (TPSA) is 108 Å². The zero-order valence-electron chi connectivity index (χ0n) is 17.1. The lowest BCUT2D eigenvalue weighted by Gasteiger charge is -2.27. The van der Waals surface area contributed by atoms with Crippen LogP contribution < -0.4 is 18.5 Å². The number of hydrogen-bond donors (Lipinski definition) is 0. The fourth-order valence-electron chi connectivity index (χ4n) is 3.34. The van der Waals surface area contributed by atoms with Gasteiger partial charge in [0.15, 0.2) is 11.5 Å². The van der Waals surface area contributed by atoms with Gasteiger partial charge in [0.2, 0.25) is 0 Å². The van der Waals surface area contributed by atoms with Crippen LogP contribution in [0.1, 0.15) is 5.56 Å². The molecule has 3 aromatic carbocycles. The first kappa shape index (κ1) is 21.4. The Morgan fingerprint density at radius 1 is 1.00 bits per heavy atom. The van der Waals surface area contributed by atoms with E-state index in [1.807, 2.05) is 0 Å². The summed E-state index contributed by atoms with van der Waals surface area (Å²) < 4.78 is 45.1. The number of anilines is 1. The van der Waals surface area contributed by atoms with E-state index < -0.39 is 14.9 Å². The molecular formula is C22H20N2O7S. The fourth-order valence-corrected chi connectivity index (χ4v) is 4.81. The van der Waals surface area contributed by atoms with Gasteiger partial charge in [-0.15, -0.1) is 0 Å². The summed E-state index contributed by atoms with van der Waals surface area (Å²) in [6.45, 7) is 0.664. The largest absolute Gasteiger partial charge is 0.495 e. The van der Waals surface area contributed by atoms with Crippen LogP contribution in [0, 0.1) is 10.1 Å². The van der Waals surface area contributed by atoms with Crippen LogP contribution in [0.4, 0.5) is 11.4 Å². The summed E-state index contributed by atoms with van der Waals surface area (Å²) in [7, 11) is -2.60. The number of rotatable bonds is 7. The summed E-state index contributed by atoms with van der Waals surface area (Å²) >= 11 is 0. The molecule has 0 saturated carbocycles. The summed E-state index contributed by atoms with van der Waals surface area (Å²) in [6.07, 6.45) is 0. The third-order valence-corrected chi connectivity index (χ3v) is 6.68. The highest BCUT2D eigenvalue weighted by Crippen LogP contribution is 2.37. The Hall–Kier alpha value is -3.79. The van der Waals surface area contributed by atoms with E-state index in [1.165, 1.54) is 47.8 Å². The molecule has 0 bridgehead atoms. The molecule has 3 aromatic rings. The van der Waals surface area contributed by atoms with E-state index in [9.17, 15) is 18.5 Å². The van der Waals surface area contributed by atoms with Crippen LogP contribution in [0.3, 0.4) is 0 Å². The van der Waals surface area contributed by atoms with Crippen molar-refractivity contribution in [3.63, 3.8) is 0 Å². The molecule has 0 atom stereocenters. The predicted octanol–water partition coefficient (Wildman–Crippen LogP) is 3.77. The van der Waals surface area contributed by atoms with Crippen molar-refractivity contribution < 1.29 is 27.6 Å².